The Balaban J connectivity index is 1.43. The van der Waals surface area contributed by atoms with E-state index in [9.17, 15) is 4.79 Å². The largest absolute Gasteiger partial charge is 0.492 e. The molecule has 4 nitrogen and oxygen atoms in total. The number of piperidine rings is 1. The van der Waals surface area contributed by atoms with Gasteiger partial charge in [-0.3, -0.25) is 9.69 Å². The van der Waals surface area contributed by atoms with Crippen LogP contribution in [0, 0.1) is 0 Å². The summed E-state index contributed by atoms with van der Waals surface area (Å²) in [6.45, 7) is 8.55. The SMILES string of the molecule is CCCCCCCCCC(=O)Oc1ccc(/C(=C(/CC)Cc2ccccc2)c2ccc(OCCN3CCCCC3)cc2)cc1. The summed E-state index contributed by atoms with van der Waals surface area (Å²) in [5.41, 5.74) is 6.21. The van der Waals surface area contributed by atoms with Gasteiger partial charge in [0.15, 0.2) is 0 Å². The van der Waals surface area contributed by atoms with Crippen LogP contribution in [0.3, 0.4) is 0 Å². The third-order valence-electron chi connectivity index (χ3n) is 8.67. The molecule has 1 saturated heterocycles. The Labute approximate surface area is 266 Å². The van der Waals surface area contributed by atoms with Gasteiger partial charge in [-0.25, -0.2) is 0 Å². The predicted octanol–water partition coefficient (Wildman–Crippen LogP) is 10.1. The monoisotopic (exact) mass is 595 g/mol. The molecule has 4 rings (SSSR count). The average molecular weight is 596 g/mol. The fourth-order valence-corrected chi connectivity index (χ4v) is 6.10. The summed E-state index contributed by atoms with van der Waals surface area (Å²) in [6.07, 6.45) is 14.6. The Morgan fingerprint density at radius 2 is 1.32 bits per heavy atom. The number of hydrogen-bond donors (Lipinski definition) is 0. The number of hydrogen-bond acceptors (Lipinski definition) is 4. The first-order chi connectivity index (χ1) is 21.7. The normalized spacial score (nSPS) is 14.2. The maximum Gasteiger partial charge on any atom is 0.311 e. The molecule has 3 aromatic rings. The number of unbranched alkanes of at least 4 members (excludes halogenated alkanes) is 6. The molecular weight excluding hydrogens is 542 g/mol. The fraction of sp³-hybridized carbons (Fsp3) is 0.475. The van der Waals surface area contributed by atoms with Crippen LogP contribution >= 0.6 is 0 Å². The molecule has 1 aliphatic heterocycles. The van der Waals surface area contributed by atoms with Crippen LogP contribution in [0.15, 0.2) is 84.4 Å². The lowest BCUT2D eigenvalue weighted by Gasteiger charge is -2.26. The van der Waals surface area contributed by atoms with Crippen molar-refractivity contribution in [3.63, 3.8) is 0 Å². The maximum absolute atomic E-state index is 12.5. The number of ether oxygens (including phenoxy) is 2. The third kappa shape index (κ3) is 11.3. The highest BCUT2D eigenvalue weighted by Gasteiger charge is 2.14. The van der Waals surface area contributed by atoms with E-state index >= 15 is 0 Å². The fourth-order valence-electron chi connectivity index (χ4n) is 6.10. The summed E-state index contributed by atoms with van der Waals surface area (Å²) in [6, 6.07) is 27.3. The first kappa shape index (κ1) is 33.5. The molecule has 0 saturated carbocycles. The molecule has 236 valence electrons. The zero-order valence-corrected chi connectivity index (χ0v) is 27.2. The molecule has 1 heterocycles. The van der Waals surface area contributed by atoms with E-state index in [0.29, 0.717) is 12.2 Å². The van der Waals surface area contributed by atoms with Gasteiger partial charge in [0, 0.05) is 13.0 Å². The topological polar surface area (TPSA) is 38.8 Å². The number of carbonyl (C=O) groups excluding carboxylic acids is 1. The highest BCUT2D eigenvalue weighted by atomic mass is 16.5. The Bertz CT molecular complexity index is 1260. The van der Waals surface area contributed by atoms with E-state index in [0.717, 1.165) is 50.1 Å². The lowest BCUT2D eigenvalue weighted by Crippen LogP contribution is -2.33. The van der Waals surface area contributed by atoms with E-state index in [-0.39, 0.29) is 5.97 Å². The summed E-state index contributed by atoms with van der Waals surface area (Å²) >= 11 is 0. The van der Waals surface area contributed by atoms with Gasteiger partial charge in [-0.2, -0.15) is 0 Å². The zero-order chi connectivity index (χ0) is 30.8. The van der Waals surface area contributed by atoms with E-state index < -0.39 is 0 Å². The highest BCUT2D eigenvalue weighted by Crippen LogP contribution is 2.33. The molecule has 44 heavy (non-hydrogen) atoms. The molecule has 0 aromatic heterocycles. The smallest absolute Gasteiger partial charge is 0.311 e. The van der Waals surface area contributed by atoms with E-state index in [4.69, 9.17) is 9.47 Å². The van der Waals surface area contributed by atoms with Crippen LogP contribution in [0.5, 0.6) is 11.5 Å². The van der Waals surface area contributed by atoms with Gasteiger partial charge < -0.3 is 9.47 Å². The maximum atomic E-state index is 12.5. The standard InChI is InChI=1S/C40H53NO3/c1-3-5-6-7-8-9-14-19-39(42)44-38-26-22-36(23-27-38)40(34(4-2)32-33-17-12-10-13-18-33)35-20-24-37(25-21-35)43-31-30-41-28-15-11-16-29-41/h10,12-13,17-18,20-27H,3-9,11,14-16,19,28-32H2,1-2H3/b40-34-. The van der Waals surface area contributed by atoms with Crippen molar-refractivity contribution in [2.75, 3.05) is 26.2 Å². The van der Waals surface area contributed by atoms with Gasteiger partial charge >= 0.3 is 5.97 Å². The van der Waals surface area contributed by atoms with Crippen molar-refractivity contribution in [2.45, 2.75) is 97.3 Å². The van der Waals surface area contributed by atoms with Crippen LogP contribution in [-0.2, 0) is 11.2 Å². The number of allylic oxidation sites excluding steroid dienone is 1. The lowest BCUT2D eigenvalue weighted by atomic mass is 9.88. The molecule has 0 atom stereocenters. The molecule has 0 N–H and O–H groups in total. The minimum absolute atomic E-state index is 0.142. The Kier molecular flexibility index (Phi) is 14.6. The number of nitrogens with zero attached hydrogens (tertiary/aromatic N) is 1. The van der Waals surface area contributed by atoms with E-state index in [1.165, 1.54) is 86.7 Å². The van der Waals surface area contributed by atoms with Gasteiger partial charge in [0.25, 0.3) is 0 Å². The van der Waals surface area contributed by atoms with Gasteiger partial charge in [0.1, 0.15) is 18.1 Å². The summed E-state index contributed by atoms with van der Waals surface area (Å²) < 4.78 is 11.8. The number of carbonyl (C=O) groups is 1. The molecule has 1 fully saturated rings. The van der Waals surface area contributed by atoms with Gasteiger partial charge in [0.2, 0.25) is 0 Å². The van der Waals surface area contributed by atoms with Crippen molar-refractivity contribution < 1.29 is 14.3 Å². The van der Waals surface area contributed by atoms with Crippen molar-refractivity contribution in [1.29, 1.82) is 0 Å². The van der Waals surface area contributed by atoms with Crippen LogP contribution in [0.1, 0.15) is 108 Å². The average Bonchev–Trinajstić information content (AvgIpc) is 3.06. The van der Waals surface area contributed by atoms with Crippen LogP contribution in [0.25, 0.3) is 5.57 Å². The minimum atomic E-state index is -0.142. The number of likely N-dealkylation sites (tertiary alicyclic amines) is 1. The molecular formula is C40H53NO3. The van der Waals surface area contributed by atoms with Crippen molar-refractivity contribution >= 4 is 11.5 Å². The van der Waals surface area contributed by atoms with Crippen LogP contribution in [0.4, 0.5) is 0 Å². The van der Waals surface area contributed by atoms with Crippen molar-refractivity contribution in [2.24, 2.45) is 0 Å². The molecule has 0 unspecified atom stereocenters. The molecule has 0 amide bonds. The summed E-state index contributed by atoms with van der Waals surface area (Å²) in [5, 5.41) is 0. The first-order valence-electron chi connectivity index (χ1n) is 17.2. The van der Waals surface area contributed by atoms with E-state index in [1.54, 1.807) is 0 Å². The number of benzene rings is 3. The Hall–Kier alpha value is -3.37. The van der Waals surface area contributed by atoms with Crippen molar-refractivity contribution in [3.8, 4) is 11.5 Å². The number of rotatable bonds is 18. The van der Waals surface area contributed by atoms with Gasteiger partial charge in [-0.1, -0.05) is 119 Å². The molecule has 0 spiro atoms. The first-order valence-corrected chi connectivity index (χ1v) is 17.2. The molecule has 0 bridgehead atoms. The third-order valence-corrected chi connectivity index (χ3v) is 8.67. The molecule has 3 aromatic carbocycles. The second-order valence-electron chi connectivity index (χ2n) is 12.1. The van der Waals surface area contributed by atoms with Crippen LogP contribution < -0.4 is 9.47 Å². The van der Waals surface area contributed by atoms with Gasteiger partial charge in [-0.15, -0.1) is 0 Å². The zero-order valence-electron chi connectivity index (χ0n) is 27.2. The van der Waals surface area contributed by atoms with Gasteiger partial charge in [-0.05, 0) is 91.7 Å². The van der Waals surface area contributed by atoms with Crippen LogP contribution in [-0.4, -0.2) is 37.1 Å². The second-order valence-corrected chi connectivity index (χ2v) is 12.1. The quantitative estimate of drug-likeness (QED) is 0.0833. The lowest BCUT2D eigenvalue weighted by molar-refractivity contribution is -0.134. The highest BCUT2D eigenvalue weighted by molar-refractivity contribution is 5.83. The van der Waals surface area contributed by atoms with Crippen molar-refractivity contribution in [3.05, 3.63) is 101 Å². The molecule has 0 radical (unpaired) electrons. The summed E-state index contributed by atoms with van der Waals surface area (Å²) in [5.74, 6) is 1.38. The summed E-state index contributed by atoms with van der Waals surface area (Å²) in [4.78, 5) is 15.0. The van der Waals surface area contributed by atoms with E-state index in [2.05, 4.69) is 85.5 Å². The Morgan fingerprint density at radius 1 is 0.705 bits per heavy atom. The second kappa shape index (κ2) is 19.1. The predicted molar refractivity (Wildman–Crippen MR) is 183 cm³/mol. The van der Waals surface area contributed by atoms with Crippen molar-refractivity contribution in [1.82, 2.24) is 4.90 Å². The molecule has 4 heteroatoms. The van der Waals surface area contributed by atoms with E-state index in [1.807, 2.05) is 12.1 Å². The minimum Gasteiger partial charge on any atom is -0.492 e. The summed E-state index contributed by atoms with van der Waals surface area (Å²) in [7, 11) is 0. The number of esters is 1. The molecule has 1 aliphatic rings. The Morgan fingerprint density at radius 3 is 1.95 bits per heavy atom. The van der Waals surface area contributed by atoms with Gasteiger partial charge in [0.05, 0.1) is 0 Å². The van der Waals surface area contributed by atoms with Crippen LogP contribution in [0.2, 0.25) is 0 Å². The molecule has 0 aliphatic carbocycles.